The molecule has 0 saturated heterocycles. The van der Waals surface area contributed by atoms with Crippen molar-refractivity contribution in [2.45, 2.75) is 0 Å². The second kappa shape index (κ2) is 9.10. The van der Waals surface area contributed by atoms with Gasteiger partial charge in [0.15, 0.2) is 5.78 Å². The van der Waals surface area contributed by atoms with Crippen molar-refractivity contribution in [2.75, 3.05) is 5.32 Å². The Bertz CT molecular complexity index is 1280. The van der Waals surface area contributed by atoms with Gasteiger partial charge in [0.05, 0.1) is 11.3 Å². The number of amides is 1. The molecule has 0 radical (unpaired) electrons. The maximum Gasteiger partial charge on any atom is 0.337 e. The summed E-state index contributed by atoms with van der Waals surface area (Å²) in [6.07, 6.45) is 0. The third-order valence-corrected chi connectivity index (χ3v) is 5.05. The molecule has 0 aliphatic carbocycles. The van der Waals surface area contributed by atoms with Crippen LogP contribution < -0.4 is 5.32 Å². The van der Waals surface area contributed by atoms with Gasteiger partial charge in [-0.3, -0.25) is 9.59 Å². The summed E-state index contributed by atoms with van der Waals surface area (Å²) in [5.74, 6) is -1.60. The largest absolute Gasteiger partial charge is 0.478 e. The van der Waals surface area contributed by atoms with Gasteiger partial charge in [-0.05, 0) is 35.4 Å². The number of hydrogen-bond donors (Lipinski definition) is 2. The van der Waals surface area contributed by atoms with Crippen LogP contribution in [0.3, 0.4) is 0 Å². The minimum atomic E-state index is -1.14. The number of carbonyl (C=O) groups is 3. The summed E-state index contributed by atoms with van der Waals surface area (Å²) in [7, 11) is 0. The molecule has 0 heterocycles. The normalized spacial score (nSPS) is 10.4. The SMILES string of the molecule is O=C(Nc1cc(-c2ccc(C(=O)c3ccccc3)cc2)ccc1C(=O)O)c1ccccc1. The van der Waals surface area contributed by atoms with Crippen molar-refractivity contribution in [3.63, 3.8) is 0 Å². The van der Waals surface area contributed by atoms with Crippen LogP contribution in [0.1, 0.15) is 36.6 Å². The second-order valence-electron chi connectivity index (χ2n) is 7.16. The van der Waals surface area contributed by atoms with E-state index < -0.39 is 11.9 Å². The molecule has 0 saturated carbocycles. The number of rotatable bonds is 6. The quantitative estimate of drug-likeness (QED) is 0.401. The Morgan fingerprint density at radius 1 is 0.594 bits per heavy atom. The van der Waals surface area contributed by atoms with E-state index in [1.165, 1.54) is 6.07 Å². The molecule has 0 bridgehead atoms. The summed E-state index contributed by atoms with van der Waals surface area (Å²) < 4.78 is 0. The highest BCUT2D eigenvalue weighted by Gasteiger charge is 2.15. The first-order valence-electron chi connectivity index (χ1n) is 9.97. The van der Waals surface area contributed by atoms with Gasteiger partial charge >= 0.3 is 5.97 Å². The van der Waals surface area contributed by atoms with Crippen molar-refractivity contribution < 1.29 is 19.5 Å². The molecule has 5 nitrogen and oxygen atoms in total. The molecule has 4 aromatic rings. The summed E-state index contributed by atoms with van der Waals surface area (Å²) in [5, 5.41) is 12.2. The van der Waals surface area contributed by atoms with E-state index in [1.807, 2.05) is 18.2 Å². The lowest BCUT2D eigenvalue weighted by Crippen LogP contribution is -2.14. The molecule has 0 spiro atoms. The van der Waals surface area contributed by atoms with Crippen LogP contribution in [-0.4, -0.2) is 22.8 Å². The highest BCUT2D eigenvalue weighted by Crippen LogP contribution is 2.27. The van der Waals surface area contributed by atoms with E-state index in [2.05, 4.69) is 5.32 Å². The van der Waals surface area contributed by atoms with Gasteiger partial charge in [-0.25, -0.2) is 4.79 Å². The Balaban J connectivity index is 1.62. The van der Waals surface area contributed by atoms with E-state index in [9.17, 15) is 19.5 Å². The first-order chi connectivity index (χ1) is 15.5. The van der Waals surface area contributed by atoms with Crippen LogP contribution in [0.15, 0.2) is 103 Å². The molecule has 0 aliphatic heterocycles. The van der Waals surface area contributed by atoms with Crippen LogP contribution in [0.25, 0.3) is 11.1 Å². The molecule has 2 N–H and O–H groups in total. The molecule has 4 rings (SSSR count). The van der Waals surface area contributed by atoms with Gasteiger partial charge in [-0.15, -0.1) is 0 Å². The smallest absolute Gasteiger partial charge is 0.337 e. The van der Waals surface area contributed by atoms with Crippen molar-refractivity contribution in [2.24, 2.45) is 0 Å². The van der Waals surface area contributed by atoms with Gasteiger partial charge in [0, 0.05) is 16.7 Å². The average molecular weight is 421 g/mol. The third-order valence-electron chi connectivity index (χ3n) is 5.05. The predicted octanol–water partition coefficient (Wildman–Crippen LogP) is 5.54. The molecule has 0 aromatic heterocycles. The molecular formula is C27H19NO4. The standard InChI is InChI=1S/C27H19NO4/c29-25(19-7-3-1-4-8-19)20-13-11-18(12-14-20)22-15-16-23(27(31)32)24(17-22)28-26(30)21-9-5-2-6-10-21/h1-17H,(H,28,30)(H,31,32). The first kappa shape index (κ1) is 20.8. The summed E-state index contributed by atoms with van der Waals surface area (Å²) in [6, 6.07) is 29.4. The third kappa shape index (κ3) is 4.47. The van der Waals surface area contributed by atoms with Crippen molar-refractivity contribution in [3.05, 3.63) is 125 Å². The Morgan fingerprint density at radius 2 is 1.12 bits per heavy atom. The lowest BCUT2D eigenvalue weighted by atomic mass is 9.98. The summed E-state index contributed by atoms with van der Waals surface area (Å²) >= 11 is 0. The number of carboxylic acid groups (broad SMARTS) is 1. The molecule has 5 heteroatoms. The molecule has 0 atom stereocenters. The summed E-state index contributed by atoms with van der Waals surface area (Å²) in [4.78, 5) is 36.8. The number of carboxylic acids is 1. The number of carbonyl (C=O) groups excluding carboxylic acids is 2. The van der Waals surface area contributed by atoms with E-state index >= 15 is 0 Å². The van der Waals surface area contributed by atoms with E-state index in [0.717, 1.165) is 11.1 Å². The molecule has 0 fully saturated rings. The van der Waals surface area contributed by atoms with Crippen LogP contribution in [-0.2, 0) is 0 Å². The summed E-state index contributed by atoms with van der Waals surface area (Å²) in [5.41, 5.74) is 3.30. The van der Waals surface area contributed by atoms with Crippen molar-refractivity contribution in [3.8, 4) is 11.1 Å². The number of hydrogen-bond acceptors (Lipinski definition) is 3. The Morgan fingerprint density at radius 3 is 1.72 bits per heavy atom. The second-order valence-corrected chi connectivity index (χ2v) is 7.16. The van der Waals surface area contributed by atoms with Gasteiger partial charge in [0.1, 0.15) is 0 Å². The minimum absolute atomic E-state index is 0.00564. The lowest BCUT2D eigenvalue weighted by molar-refractivity contribution is 0.0698. The van der Waals surface area contributed by atoms with Gasteiger partial charge in [0.25, 0.3) is 5.91 Å². The van der Waals surface area contributed by atoms with Crippen molar-refractivity contribution >= 4 is 23.3 Å². The molecule has 156 valence electrons. The van der Waals surface area contributed by atoms with Crippen LogP contribution >= 0.6 is 0 Å². The predicted molar refractivity (Wildman–Crippen MR) is 123 cm³/mol. The maximum absolute atomic E-state index is 12.6. The fraction of sp³-hybridized carbons (Fsp3) is 0. The van der Waals surface area contributed by atoms with Gasteiger partial charge in [0.2, 0.25) is 0 Å². The van der Waals surface area contributed by atoms with Gasteiger partial charge in [-0.1, -0.05) is 78.9 Å². The van der Waals surface area contributed by atoms with E-state index in [1.54, 1.807) is 78.9 Å². The molecule has 1 amide bonds. The van der Waals surface area contributed by atoms with Crippen LogP contribution in [0.2, 0.25) is 0 Å². The number of aromatic carboxylic acids is 1. The highest BCUT2D eigenvalue weighted by atomic mass is 16.4. The number of ketones is 1. The topological polar surface area (TPSA) is 83.5 Å². The fourth-order valence-corrected chi connectivity index (χ4v) is 3.37. The molecular weight excluding hydrogens is 402 g/mol. The zero-order valence-corrected chi connectivity index (χ0v) is 17.0. The number of anilines is 1. The van der Waals surface area contributed by atoms with Gasteiger partial charge < -0.3 is 10.4 Å². The van der Waals surface area contributed by atoms with Crippen LogP contribution in [0, 0.1) is 0 Å². The van der Waals surface area contributed by atoms with E-state index in [-0.39, 0.29) is 17.0 Å². The fourth-order valence-electron chi connectivity index (χ4n) is 3.37. The highest BCUT2D eigenvalue weighted by molar-refractivity contribution is 6.09. The van der Waals surface area contributed by atoms with Crippen LogP contribution in [0.4, 0.5) is 5.69 Å². The number of nitrogens with one attached hydrogen (secondary N) is 1. The minimum Gasteiger partial charge on any atom is -0.478 e. The molecule has 32 heavy (non-hydrogen) atoms. The monoisotopic (exact) mass is 421 g/mol. The van der Waals surface area contributed by atoms with Crippen molar-refractivity contribution in [1.29, 1.82) is 0 Å². The van der Waals surface area contributed by atoms with E-state index in [0.29, 0.717) is 16.7 Å². The molecule has 4 aromatic carbocycles. The number of benzene rings is 4. The Labute approximate surface area is 185 Å². The average Bonchev–Trinajstić information content (AvgIpc) is 2.84. The first-order valence-corrected chi connectivity index (χ1v) is 9.97. The lowest BCUT2D eigenvalue weighted by Gasteiger charge is -2.12. The molecule has 0 aliphatic rings. The molecule has 0 unspecified atom stereocenters. The zero-order valence-electron chi connectivity index (χ0n) is 17.0. The summed E-state index contributed by atoms with van der Waals surface area (Å²) in [6.45, 7) is 0. The zero-order chi connectivity index (χ0) is 22.5. The van der Waals surface area contributed by atoms with E-state index in [4.69, 9.17) is 0 Å². The Hall–Kier alpha value is -4.51. The van der Waals surface area contributed by atoms with Gasteiger partial charge in [-0.2, -0.15) is 0 Å². The van der Waals surface area contributed by atoms with Crippen LogP contribution in [0.5, 0.6) is 0 Å². The van der Waals surface area contributed by atoms with Crippen molar-refractivity contribution in [1.82, 2.24) is 0 Å². The maximum atomic E-state index is 12.6. The Kier molecular flexibility index (Phi) is 5.90.